The van der Waals surface area contributed by atoms with Crippen molar-refractivity contribution in [2.45, 2.75) is 85.3 Å². The molecular weight excluding hydrogens is 598 g/mol. The molecule has 2 unspecified atom stereocenters. The summed E-state index contributed by atoms with van der Waals surface area (Å²) in [7, 11) is 0. The number of rotatable bonds is 10. The number of H-pyrrole nitrogens is 2. The number of pyridine rings is 2. The van der Waals surface area contributed by atoms with E-state index in [-0.39, 0.29) is 12.1 Å². The van der Waals surface area contributed by atoms with Crippen molar-refractivity contribution in [3.8, 4) is 22.5 Å². The molecule has 1 aliphatic carbocycles. The summed E-state index contributed by atoms with van der Waals surface area (Å²) in [6.45, 7) is 12.3. The Morgan fingerprint density at radius 2 is 1.35 bits per heavy atom. The predicted octanol–water partition coefficient (Wildman–Crippen LogP) is 8.79. The van der Waals surface area contributed by atoms with E-state index in [0.717, 1.165) is 92.9 Å². The molecule has 4 atom stereocenters. The molecule has 0 spiro atoms. The average Bonchev–Trinajstić information content (AvgIpc) is 3.36. The number of fused-ring (bicyclic) bond motifs is 3. The maximum Gasteiger partial charge on any atom is 0.407 e. The lowest BCUT2D eigenvalue weighted by Gasteiger charge is -2.19. The molecule has 0 bridgehead atoms. The van der Waals surface area contributed by atoms with Crippen LogP contribution in [0.5, 0.6) is 0 Å². The van der Waals surface area contributed by atoms with Gasteiger partial charge in [-0.1, -0.05) is 39.3 Å². The molecule has 1 amide bonds. The van der Waals surface area contributed by atoms with Crippen LogP contribution in [0.3, 0.4) is 0 Å². The van der Waals surface area contributed by atoms with Crippen molar-refractivity contribution < 1.29 is 9.53 Å². The number of alkyl carbamates (subject to hydrolysis) is 1. The van der Waals surface area contributed by atoms with Gasteiger partial charge >= 0.3 is 6.09 Å². The first kappa shape index (κ1) is 31.8. The van der Waals surface area contributed by atoms with Gasteiger partial charge in [0.1, 0.15) is 17.2 Å². The molecule has 6 aromatic rings. The number of carbonyl (C=O) groups excluding carboxylic acids is 1. The van der Waals surface area contributed by atoms with E-state index in [9.17, 15) is 4.79 Å². The third-order valence-electron chi connectivity index (χ3n) is 9.73. The van der Waals surface area contributed by atoms with E-state index < -0.39 is 5.60 Å². The topological polar surface area (TPSA) is 121 Å². The highest BCUT2D eigenvalue weighted by Gasteiger charge is 2.47. The molecule has 7 rings (SSSR count). The first-order valence-electron chi connectivity index (χ1n) is 17.3. The molecule has 48 heavy (non-hydrogen) atoms. The zero-order chi connectivity index (χ0) is 33.6. The van der Waals surface area contributed by atoms with Crippen LogP contribution in [0.1, 0.15) is 72.5 Å². The number of aryl methyl sites for hydroxylation is 2. The normalized spacial score (nSPS) is 18.4. The molecule has 1 saturated carbocycles. The van der Waals surface area contributed by atoms with Crippen LogP contribution in [0.25, 0.3) is 55.6 Å². The lowest BCUT2D eigenvalue weighted by atomic mass is 10.0. The third kappa shape index (κ3) is 6.91. The Bertz CT molecular complexity index is 2110. The Hall–Kier alpha value is -4.79. The van der Waals surface area contributed by atoms with Crippen LogP contribution in [0.4, 0.5) is 4.79 Å². The predicted molar refractivity (Wildman–Crippen MR) is 192 cm³/mol. The molecule has 1 fully saturated rings. The van der Waals surface area contributed by atoms with Crippen LogP contribution < -0.4 is 5.32 Å². The summed E-state index contributed by atoms with van der Waals surface area (Å²) in [4.78, 5) is 38.8. The summed E-state index contributed by atoms with van der Waals surface area (Å²) in [5.74, 6) is 3.55. The van der Waals surface area contributed by atoms with Gasteiger partial charge < -0.3 is 20.0 Å². The molecule has 4 aromatic heterocycles. The van der Waals surface area contributed by atoms with Crippen LogP contribution in [-0.4, -0.2) is 47.6 Å². The molecule has 0 saturated heterocycles. The summed E-state index contributed by atoms with van der Waals surface area (Å²) >= 11 is 0. The van der Waals surface area contributed by atoms with Gasteiger partial charge in [-0.25, -0.2) is 24.7 Å². The Labute approximate surface area is 281 Å². The van der Waals surface area contributed by atoms with E-state index in [1.54, 1.807) is 0 Å². The van der Waals surface area contributed by atoms with Crippen LogP contribution in [0, 0.1) is 17.8 Å². The molecule has 2 aromatic carbocycles. The number of hydrogen-bond donors (Lipinski definition) is 3. The van der Waals surface area contributed by atoms with Crippen molar-refractivity contribution in [2.75, 3.05) is 0 Å². The molecule has 3 N–H and O–H groups in total. The zero-order valence-electron chi connectivity index (χ0n) is 28.7. The van der Waals surface area contributed by atoms with Gasteiger partial charge in [-0.3, -0.25) is 0 Å². The van der Waals surface area contributed by atoms with Crippen molar-refractivity contribution in [3.05, 3.63) is 72.3 Å². The fourth-order valence-electron chi connectivity index (χ4n) is 6.57. The largest absolute Gasteiger partial charge is 0.444 e. The summed E-state index contributed by atoms with van der Waals surface area (Å²) in [5.41, 5.74) is 9.04. The summed E-state index contributed by atoms with van der Waals surface area (Å²) < 4.78 is 5.43. The summed E-state index contributed by atoms with van der Waals surface area (Å²) in [6.07, 6.45) is 4.72. The Morgan fingerprint density at radius 3 is 1.90 bits per heavy atom. The smallest absolute Gasteiger partial charge is 0.407 e. The standard InChI is InChI=1S/C39H45N7O2/c1-7-22(2)8-18-35-42-31-12-9-24(20-33(31)44-35)27-14-16-30-29(40-27)17-15-28(41-30)25-10-13-32-34(21-25)45-36(43-32)19-11-26-23(3)37(26)46-38(47)48-39(4,5)6/h9-10,12-17,20-23,26,37H,7-8,11,18-19H2,1-6H3,(H,42,44)(H,43,45)(H,46,47)/t22?,23?,26-,37+/m0/s1. The minimum absolute atomic E-state index is 0.151. The van der Waals surface area contributed by atoms with Crippen molar-refractivity contribution in [2.24, 2.45) is 17.8 Å². The molecular formula is C39H45N7O2. The van der Waals surface area contributed by atoms with Crippen LogP contribution >= 0.6 is 0 Å². The highest BCUT2D eigenvalue weighted by molar-refractivity contribution is 5.86. The Morgan fingerprint density at radius 1 is 0.812 bits per heavy atom. The Kier molecular flexibility index (Phi) is 8.39. The first-order valence-corrected chi connectivity index (χ1v) is 17.3. The van der Waals surface area contributed by atoms with Crippen molar-refractivity contribution >= 4 is 39.2 Å². The highest BCUT2D eigenvalue weighted by Crippen LogP contribution is 2.42. The van der Waals surface area contributed by atoms with Crippen molar-refractivity contribution in [3.63, 3.8) is 0 Å². The number of amides is 1. The number of aromatic nitrogens is 6. The average molecular weight is 644 g/mol. The lowest BCUT2D eigenvalue weighted by molar-refractivity contribution is 0.0519. The first-order chi connectivity index (χ1) is 23.0. The number of hydrogen-bond acceptors (Lipinski definition) is 6. The quantitative estimate of drug-likeness (QED) is 0.137. The molecule has 1 aliphatic rings. The van der Waals surface area contributed by atoms with Gasteiger partial charge in [-0.05, 0) is 99.9 Å². The SMILES string of the molecule is CCC(C)CCc1nc2ccc(-c3ccc4nc(-c5ccc6nc(CC[C@H]7C(C)[C@H]7NC(=O)OC(C)(C)C)[nH]c6c5)ccc4n3)cc2[nH]1. The Balaban J connectivity index is 1.02. The minimum Gasteiger partial charge on any atom is -0.444 e. The molecule has 0 aliphatic heterocycles. The second kappa shape index (κ2) is 12.7. The number of carbonyl (C=O) groups is 1. The zero-order valence-corrected chi connectivity index (χ0v) is 28.7. The summed E-state index contributed by atoms with van der Waals surface area (Å²) in [5, 5.41) is 3.03. The van der Waals surface area contributed by atoms with Gasteiger partial charge in [-0.2, -0.15) is 0 Å². The highest BCUT2D eigenvalue weighted by atomic mass is 16.6. The van der Waals surface area contributed by atoms with E-state index in [2.05, 4.69) is 66.4 Å². The monoisotopic (exact) mass is 643 g/mol. The van der Waals surface area contributed by atoms with E-state index in [1.807, 2.05) is 51.1 Å². The lowest BCUT2D eigenvalue weighted by Crippen LogP contribution is -2.34. The number of aromatic amines is 2. The number of ether oxygens (including phenoxy) is 1. The van der Waals surface area contributed by atoms with Crippen LogP contribution in [0.15, 0.2) is 60.7 Å². The fourth-order valence-corrected chi connectivity index (χ4v) is 6.57. The maximum atomic E-state index is 12.2. The second-order valence-corrected chi connectivity index (χ2v) is 14.5. The minimum atomic E-state index is -0.498. The summed E-state index contributed by atoms with van der Waals surface area (Å²) in [6, 6.07) is 20.9. The van der Waals surface area contributed by atoms with Gasteiger partial charge in [0.15, 0.2) is 0 Å². The van der Waals surface area contributed by atoms with Crippen LogP contribution in [0.2, 0.25) is 0 Å². The van der Waals surface area contributed by atoms with Gasteiger partial charge in [0.2, 0.25) is 0 Å². The van der Waals surface area contributed by atoms with Crippen molar-refractivity contribution in [1.82, 2.24) is 35.2 Å². The molecule has 9 heteroatoms. The number of imidazole rings is 2. The van der Waals surface area contributed by atoms with Gasteiger partial charge in [0, 0.05) is 30.0 Å². The van der Waals surface area contributed by atoms with Gasteiger partial charge in [0.25, 0.3) is 0 Å². The van der Waals surface area contributed by atoms with Gasteiger partial charge in [0.05, 0.1) is 44.5 Å². The van der Waals surface area contributed by atoms with Crippen LogP contribution in [-0.2, 0) is 17.6 Å². The van der Waals surface area contributed by atoms with Gasteiger partial charge in [-0.15, -0.1) is 0 Å². The van der Waals surface area contributed by atoms with Crippen molar-refractivity contribution in [1.29, 1.82) is 0 Å². The third-order valence-corrected chi connectivity index (χ3v) is 9.73. The molecule has 4 heterocycles. The van der Waals surface area contributed by atoms with E-state index in [1.165, 1.54) is 6.42 Å². The molecule has 0 radical (unpaired) electrons. The maximum absolute atomic E-state index is 12.2. The number of nitrogens with zero attached hydrogens (tertiary/aromatic N) is 4. The fraction of sp³-hybridized carbons (Fsp3) is 0.410. The van der Waals surface area contributed by atoms with E-state index in [0.29, 0.717) is 17.8 Å². The second-order valence-electron chi connectivity index (χ2n) is 14.5. The van der Waals surface area contributed by atoms with E-state index >= 15 is 0 Å². The molecule has 9 nitrogen and oxygen atoms in total. The molecule has 248 valence electrons. The number of benzene rings is 2. The number of nitrogens with one attached hydrogen (secondary N) is 3. The van der Waals surface area contributed by atoms with E-state index in [4.69, 9.17) is 24.7 Å².